The molecule has 0 atom stereocenters. The molecule has 0 spiro atoms. The van der Waals surface area contributed by atoms with Crippen LogP contribution < -0.4 is 9.47 Å². The summed E-state index contributed by atoms with van der Waals surface area (Å²) in [4.78, 5) is 11.5. The lowest BCUT2D eigenvalue weighted by atomic mass is 10.1. The van der Waals surface area contributed by atoms with Crippen LogP contribution in [0, 0.1) is 0 Å². The minimum Gasteiger partial charge on any atom is -0.488 e. The fraction of sp³-hybridized carbons (Fsp3) is 0.316. The Morgan fingerprint density at radius 3 is 2.42 bits per heavy atom. The summed E-state index contributed by atoms with van der Waals surface area (Å²) >= 11 is 3.36. The van der Waals surface area contributed by atoms with Gasteiger partial charge in [-0.2, -0.15) is 13.2 Å². The fourth-order valence-electron chi connectivity index (χ4n) is 2.30. The van der Waals surface area contributed by atoms with Crippen molar-refractivity contribution in [3.8, 4) is 11.5 Å². The number of benzene rings is 2. The van der Waals surface area contributed by atoms with Gasteiger partial charge >= 0.3 is 12.1 Å². The quantitative estimate of drug-likeness (QED) is 0.421. The normalized spacial score (nSPS) is 11.3. The van der Waals surface area contributed by atoms with Gasteiger partial charge in [-0.15, -0.1) is 0 Å². The van der Waals surface area contributed by atoms with Crippen LogP contribution in [0.25, 0.3) is 0 Å². The Hall–Kier alpha value is -2.02. The number of esters is 1. The number of carbonyl (C=O) groups excluding carboxylic acids is 1. The number of hydrogen-bond acceptors (Lipinski definition) is 3. The molecule has 26 heavy (non-hydrogen) atoms. The summed E-state index contributed by atoms with van der Waals surface area (Å²) in [6.45, 7) is 3.18. The molecule has 140 valence electrons. The number of rotatable bonds is 6. The molecule has 0 radical (unpaired) electrons. The maximum atomic E-state index is 13.3. The van der Waals surface area contributed by atoms with E-state index in [9.17, 15) is 18.0 Å². The van der Waals surface area contributed by atoms with Gasteiger partial charge in [0.1, 0.15) is 18.1 Å². The monoisotopic (exact) mass is 430 g/mol. The van der Waals surface area contributed by atoms with Gasteiger partial charge in [-0.1, -0.05) is 26.0 Å². The molecule has 0 aliphatic heterocycles. The molecule has 0 aliphatic carbocycles. The molecule has 2 aromatic rings. The molecular weight excluding hydrogens is 413 g/mol. The third-order valence-corrected chi connectivity index (χ3v) is 4.35. The molecule has 0 N–H and O–H groups in total. The molecule has 0 saturated carbocycles. The summed E-state index contributed by atoms with van der Waals surface area (Å²) in [5.74, 6) is -0.348. The van der Waals surface area contributed by atoms with Gasteiger partial charge < -0.3 is 9.47 Å². The van der Waals surface area contributed by atoms with E-state index >= 15 is 0 Å². The number of hydrogen-bond donors (Lipinski definition) is 0. The summed E-state index contributed by atoms with van der Waals surface area (Å²) in [6.07, 6.45) is -3.70. The summed E-state index contributed by atoms with van der Waals surface area (Å²) in [5.41, 5.74) is -0.0362. The topological polar surface area (TPSA) is 35.5 Å². The maximum Gasteiger partial charge on any atom is 0.416 e. The second-order valence-corrected chi connectivity index (χ2v) is 6.37. The summed E-state index contributed by atoms with van der Waals surface area (Å²) in [6, 6.07) is 8.86. The summed E-state index contributed by atoms with van der Waals surface area (Å²) < 4.78 is 51.3. The van der Waals surface area contributed by atoms with Crippen molar-refractivity contribution in [2.75, 3.05) is 0 Å². The van der Waals surface area contributed by atoms with E-state index < -0.39 is 17.7 Å². The van der Waals surface area contributed by atoms with Crippen LogP contribution in [0.5, 0.6) is 11.5 Å². The van der Waals surface area contributed by atoms with E-state index in [1.54, 1.807) is 13.0 Å². The van der Waals surface area contributed by atoms with Crippen LogP contribution in [0.1, 0.15) is 37.0 Å². The third-order valence-electron chi connectivity index (χ3n) is 3.73. The van der Waals surface area contributed by atoms with Crippen LogP contribution in [0.15, 0.2) is 40.9 Å². The van der Waals surface area contributed by atoms with E-state index in [1.807, 2.05) is 19.1 Å². The average molecular weight is 431 g/mol. The Bertz CT molecular complexity index is 788. The van der Waals surface area contributed by atoms with Crippen LogP contribution in [0.2, 0.25) is 0 Å². The zero-order valence-electron chi connectivity index (χ0n) is 14.3. The predicted octanol–water partition coefficient (Wildman–Crippen LogP) is 5.92. The Morgan fingerprint density at radius 1 is 1.12 bits per heavy atom. The first-order chi connectivity index (χ1) is 12.3. The number of carbonyl (C=O) groups is 1. The van der Waals surface area contributed by atoms with Gasteiger partial charge in [0.2, 0.25) is 0 Å². The highest BCUT2D eigenvalue weighted by molar-refractivity contribution is 9.10. The lowest BCUT2D eigenvalue weighted by Gasteiger charge is -2.17. The lowest BCUT2D eigenvalue weighted by molar-refractivity contribution is -0.140. The molecule has 0 bridgehead atoms. The molecule has 0 aromatic heterocycles. The van der Waals surface area contributed by atoms with Gasteiger partial charge in [0, 0.05) is 12.0 Å². The van der Waals surface area contributed by atoms with Crippen LogP contribution in [-0.2, 0) is 24.0 Å². The van der Waals surface area contributed by atoms with Gasteiger partial charge in [-0.05, 0) is 52.2 Å². The first kappa shape index (κ1) is 20.3. The Labute approximate surface area is 158 Å². The standard InChI is InChI=1S/C19H18BrF3O3/c1-3-12-8-9-17(15(20)10-12)25-11-13-14(19(21,22)23)6-5-7-16(13)26-18(24)4-2/h5-10H,3-4,11H2,1-2H3. The molecule has 0 unspecified atom stereocenters. The molecule has 0 aliphatic rings. The van der Waals surface area contributed by atoms with Crippen molar-refractivity contribution in [1.29, 1.82) is 0 Å². The number of halogens is 4. The molecule has 0 amide bonds. The van der Waals surface area contributed by atoms with Gasteiger partial charge in [-0.3, -0.25) is 4.79 Å². The van der Waals surface area contributed by atoms with Crippen LogP contribution >= 0.6 is 15.9 Å². The second-order valence-electron chi connectivity index (χ2n) is 5.51. The zero-order chi connectivity index (χ0) is 19.3. The van der Waals surface area contributed by atoms with Gasteiger partial charge in [0.25, 0.3) is 0 Å². The van der Waals surface area contributed by atoms with Gasteiger partial charge in [-0.25, -0.2) is 0 Å². The first-order valence-corrected chi connectivity index (χ1v) is 8.86. The smallest absolute Gasteiger partial charge is 0.416 e. The summed E-state index contributed by atoms with van der Waals surface area (Å²) in [7, 11) is 0. The minimum atomic E-state index is -4.59. The van der Waals surface area contributed by atoms with Crippen molar-refractivity contribution >= 4 is 21.9 Å². The molecular formula is C19H18BrF3O3. The van der Waals surface area contributed by atoms with Gasteiger partial charge in [0.05, 0.1) is 10.0 Å². The van der Waals surface area contributed by atoms with E-state index in [4.69, 9.17) is 9.47 Å². The number of ether oxygens (including phenoxy) is 2. The average Bonchev–Trinajstić information content (AvgIpc) is 2.60. The highest BCUT2D eigenvalue weighted by Crippen LogP contribution is 2.37. The molecule has 2 rings (SSSR count). The third kappa shape index (κ3) is 5.00. The van der Waals surface area contributed by atoms with Crippen LogP contribution in [-0.4, -0.2) is 5.97 Å². The largest absolute Gasteiger partial charge is 0.488 e. The molecule has 3 nitrogen and oxygen atoms in total. The highest BCUT2D eigenvalue weighted by Gasteiger charge is 2.35. The molecule has 0 fully saturated rings. The van der Waals surface area contributed by atoms with Crippen molar-refractivity contribution < 1.29 is 27.4 Å². The SMILES string of the molecule is CCC(=O)Oc1cccc(C(F)(F)F)c1COc1ccc(CC)cc1Br. The lowest BCUT2D eigenvalue weighted by Crippen LogP contribution is -2.15. The van der Waals surface area contributed by atoms with Crippen molar-refractivity contribution in [3.05, 3.63) is 57.6 Å². The van der Waals surface area contributed by atoms with Crippen molar-refractivity contribution in [3.63, 3.8) is 0 Å². The fourth-order valence-corrected chi connectivity index (χ4v) is 2.84. The predicted molar refractivity (Wildman–Crippen MR) is 95.2 cm³/mol. The Morgan fingerprint density at radius 2 is 1.85 bits per heavy atom. The van der Waals surface area contributed by atoms with Crippen molar-refractivity contribution in [1.82, 2.24) is 0 Å². The van der Waals surface area contributed by atoms with Gasteiger partial charge in [0.15, 0.2) is 0 Å². The van der Waals surface area contributed by atoms with Crippen molar-refractivity contribution in [2.45, 2.75) is 39.5 Å². The Kier molecular flexibility index (Phi) is 6.69. The van der Waals surface area contributed by atoms with E-state index in [1.165, 1.54) is 12.1 Å². The van der Waals surface area contributed by atoms with E-state index in [2.05, 4.69) is 15.9 Å². The Balaban J connectivity index is 2.35. The van der Waals surface area contributed by atoms with Crippen LogP contribution in [0.3, 0.4) is 0 Å². The second kappa shape index (κ2) is 8.58. The molecule has 0 saturated heterocycles. The minimum absolute atomic E-state index is 0.0561. The van der Waals surface area contributed by atoms with E-state index in [-0.39, 0.29) is 24.3 Å². The molecule has 0 heterocycles. The van der Waals surface area contributed by atoms with Crippen molar-refractivity contribution in [2.24, 2.45) is 0 Å². The van der Waals surface area contributed by atoms with E-state index in [0.29, 0.717) is 10.2 Å². The molecule has 7 heteroatoms. The maximum absolute atomic E-state index is 13.3. The highest BCUT2D eigenvalue weighted by atomic mass is 79.9. The zero-order valence-corrected chi connectivity index (χ0v) is 15.9. The molecule has 2 aromatic carbocycles. The van der Waals surface area contributed by atoms with E-state index in [0.717, 1.165) is 18.1 Å². The first-order valence-electron chi connectivity index (χ1n) is 8.07. The summed E-state index contributed by atoms with van der Waals surface area (Å²) in [5, 5.41) is 0. The van der Waals surface area contributed by atoms with Crippen LogP contribution in [0.4, 0.5) is 13.2 Å². The number of aryl methyl sites for hydroxylation is 1. The number of alkyl halides is 3.